The quantitative estimate of drug-likeness (QED) is 0.874. The summed E-state index contributed by atoms with van der Waals surface area (Å²) in [5.74, 6) is 0.811. The van der Waals surface area contributed by atoms with Gasteiger partial charge in [-0.25, -0.2) is 0 Å². The predicted octanol–water partition coefficient (Wildman–Crippen LogP) is 2.54. The lowest BCUT2D eigenvalue weighted by Gasteiger charge is -2.28. The van der Waals surface area contributed by atoms with Gasteiger partial charge in [-0.2, -0.15) is 0 Å². The molecular weight excluding hydrogens is 294 g/mol. The summed E-state index contributed by atoms with van der Waals surface area (Å²) in [5.41, 5.74) is 1.92. The number of benzene rings is 2. The fraction of sp³-hybridized carbons (Fsp3) is 0.222. The molecule has 1 amide bonds. The Kier molecular flexibility index (Phi) is 4.02. The lowest BCUT2D eigenvalue weighted by atomic mass is 9.97. The van der Waals surface area contributed by atoms with Crippen molar-refractivity contribution in [1.82, 2.24) is 4.90 Å². The van der Waals surface area contributed by atoms with Crippen molar-refractivity contribution < 1.29 is 19.1 Å². The summed E-state index contributed by atoms with van der Waals surface area (Å²) in [5, 5.41) is 0. The van der Waals surface area contributed by atoms with E-state index in [9.17, 15) is 9.59 Å². The van der Waals surface area contributed by atoms with E-state index < -0.39 is 0 Å². The first kappa shape index (κ1) is 15.1. The average molecular weight is 311 g/mol. The molecular formula is C18H17NO4. The lowest BCUT2D eigenvalue weighted by Crippen LogP contribution is -2.39. The number of carbonyl (C=O) groups is 2. The minimum Gasteiger partial charge on any atom is -0.493 e. The molecule has 0 aliphatic carbocycles. The molecule has 1 heterocycles. The highest BCUT2D eigenvalue weighted by molar-refractivity contribution is 6.04. The van der Waals surface area contributed by atoms with Crippen LogP contribution in [0, 0.1) is 0 Å². The lowest BCUT2D eigenvalue weighted by molar-refractivity contribution is 0.0679. The van der Waals surface area contributed by atoms with Gasteiger partial charge in [0.15, 0.2) is 17.3 Å². The number of nitrogens with zero attached hydrogens (tertiary/aromatic N) is 1. The Morgan fingerprint density at radius 2 is 1.65 bits per heavy atom. The molecule has 1 aliphatic heterocycles. The molecule has 0 radical (unpaired) electrons. The number of hydrogen-bond donors (Lipinski definition) is 0. The molecule has 2 aromatic rings. The highest BCUT2D eigenvalue weighted by Crippen LogP contribution is 2.33. The van der Waals surface area contributed by atoms with Crippen LogP contribution < -0.4 is 9.47 Å². The van der Waals surface area contributed by atoms with Gasteiger partial charge in [-0.05, 0) is 29.8 Å². The number of amides is 1. The van der Waals surface area contributed by atoms with E-state index in [0.29, 0.717) is 29.2 Å². The normalized spacial score (nSPS) is 13.5. The zero-order valence-electron chi connectivity index (χ0n) is 13.0. The van der Waals surface area contributed by atoms with Crippen LogP contribution in [0.4, 0.5) is 0 Å². The summed E-state index contributed by atoms with van der Waals surface area (Å²) in [6.07, 6.45) is 0. The molecule has 0 bridgehead atoms. The third-order valence-electron chi connectivity index (χ3n) is 3.91. The van der Waals surface area contributed by atoms with Gasteiger partial charge in [-0.15, -0.1) is 0 Å². The van der Waals surface area contributed by atoms with Gasteiger partial charge in [0.25, 0.3) is 5.91 Å². The molecule has 5 nitrogen and oxygen atoms in total. The Bertz CT molecular complexity index is 755. The topological polar surface area (TPSA) is 55.8 Å². The van der Waals surface area contributed by atoms with Crippen LogP contribution in [-0.4, -0.2) is 37.4 Å². The molecule has 0 unspecified atom stereocenters. The first-order valence-corrected chi connectivity index (χ1v) is 7.26. The number of rotatable bonds is 3. The second-order valence-corrected chi connectivity index (χ2v) is 5.31. The van der Waals surface area contributed by atoms with E-state index >= 15 is 0 Å². The van der Waals surface area contributed by atoms with Crippen molar-refractivity contribution in [3.63, 3.8) is 0 Å². The third-order valence-corrected chi connectivity index (χ3v) is 3.91. The van der Waals surface area contributed by atoms with E-state index in [1.54, 1.807) is 48.4 Å². The zero-order valence-corrected chi connectivity index (χ0v) is 13.0. The van der Waals surface area contributed by atoms with E-state index in [0.717, 1.165) is 5.56 Å². The predicted molar refractivity (Wildman–Crippen MR) is 85.1 cm³/mol. The number of ether oxygens (including phenoxy) is 2. The minimum absolute atomic E-state index is 0.0657. The largest absolute Gasteiger partial charge is 0.493 e. The zero-order chi connectivity index (χ0) is 16.4. The molecule has 0 saturated heterocycles. The number of fused-ring (bicyclic) bond motifs is 1. The van der Waals surface area contributed by atoms with Crippen molar-refractivity contribution in [3.8, 4) is 11.5 Å². The van der Waals surface area contributed by atoms with E-state index in [1.807, 2.05) is 6.07 Å². The maximum atomic E-state index is 12.6. The highest BCUT2D eigenvalue weighted by Gasteiger charge is 2.28. The number of Topliss-reactive ketones (excluding diaryl/α,β-unsaturated/α-hetero) is 1. The van der Waals surface area contributed by atoms with Crippen molar-refractivity contribution in [1.29, 1.82) is 0 Å². The first-order valence-electron chi connectivity index (χ1n) is 7.26. The number of carbonyl (C=O) groups excluding carboxylic acids is 2. The van der Waals surface area contributed by atoms with Crippen molar-refractivity contribution in [3.05, 3.63) is 59.2 Å². The Morgan fingerprint density at radius 1 is 1.00 bits per heavy atom. The van der Waals surface area contributed by atoms with Gasteiger partial charge in [0.1, 0.15) is 0 Å². The van der Waals surface area contributed by atoms with Gasteiger partial charge in [0, 0.05) is 17.7 Å². The summed E-state index contributed by atoms with van der Waals surface area (Å²) < 4.78 is 10.5. The van der Waals surface area contributed by atoms with E-state index in [4.69, 9.17) is 9.47 Å². The molecule has 1 aliphatic rings. The van der Waals surface area contributed by atoms with Crippen LogP contribution in [0.25, 0.3) is 0 Å². The van der Waals surface area contributed by atoms with Crippen LogP contribution in [0.1, 0.15) is 26.3 Å². The molecule has 3 rings (SSSR count). The van der Waals surface area contributed by atoms with Crippen LogP contribution >= 0.6 is 0 Å². The SMILES string of the molecule is COc1cc2c(cc1OC)C(=O)CN(C(=O)c1ccccc1)C2. The second-order valence-electron chi connectivity index (χ2n) is 5.31. The maximum absolute atomic E-state index is 12.6. The van der Waals surface area contributed by atoms with Gasteiger partial charge in [-0.3, -0.25) is 9.59 Å². The third kappa shape index (κ3) is 2.77. The second kappa shape index (κ2) is 6.12. The molecule has 118 valence electrons. The first-order chi connectivity index (χ1) is 11.1. The summed E-state index contributed by atoms with van der Waals surface area (Å²) in [6, 6.07) is 12.4. The molecule has 0 saturated carbocycles. The summed E-state index contributed by atoms with van der Waals surface area (Å²) in [7, 11) is 3.07. The summed E-state index contributed by atoms with van der Waals surface area (Å²) >= 11 is 0. The van der Waals surface area contributed by atoms with Crippen molar-refractivity contribution in [2.24, 2.45) is 0 Å². The van der Waals surface area contributed by atoms with Gasteiger partial charge in [-0.1, -0.05) is 18.2 Å². The van der Waals surface area contributed by atoms with E-state index in [-0.39, 0.29) is 18.2 Å². The molecule has 0 spiro atoms. The van der Waals surface area contributed by atoms with E-state index in [2.05, 4.69) is 0 Å². The Balaban J connectivity index is 1.94. The molecule has 0 aromatic heterocycles. The monoisotopic (exact) mass is 311 g/mol. The van der Waals surface area contributed by atoms with Gasteiger partial charge in [0.2, 0.25) is 0 Å². The van der Waals surface area contributed by atoms with Crippen LogP contribution in [-0.2, 0) is 6.54 Å². The summed E-state index contributed by atoms with van der Waals surface area (Å²) in [6.45, 7) is 0.436. The Hall–Kier alpha value is -2.82. The average Bonchev–Trinajstić information content (AvgIpc) is 2.60. The van der Waals surface area contributed by atoms with Crippen LogP contribution in [0.3, 0.4) is 0 Å². The number of ketones is 1. The molecule has 23 heavy (non-hydrogen) atoms. The number of methoxy groups -OCH3 is 2. The Morgan fingerprint density at radius 3 is 2.30 bits per heavy atom. The van der Waals surface area contributed by atoms with Crippen molar-refractivity contribution in [2.75, 3.05) is 20.8 Å². The van der Waals surface area contributed by atoms with Crippen molar-refractivity contribution in [2.45, 2.75) is 6.54 Å². The van der Waals surface area contributed by atoms with Crippen LogP contribution in [0.2, 0.25) is 0 Å². The van der Waals surface area contributed by atoms with Crippen molar-refractivity contribution >= 4 is 11.7 Å². The summed E-state index contributed by atoms with van der Waals surface area (Å²) in [4.78, 5) is 26.5. The molecule has 0 atom stereocenters. The fourth-order valence-corrected chi connectivity index (χ4v) is 2.74. The van der Waals surface area contributed by atoms with Gasteiger partial charge >= 0.3 is 0 Å². The fourth-order valence-electron chi connectivity index (χ4n) is 2.74. The van der Waals surface area contributed by atoms with Crippen LogP contribution in [0.5, 0.6) is 11.5 Å². The minimum atomic E-state index is -0.153. The molecule has 0 fully saturated rings. The van der Waals surface area contributed by atoms with Gasteiger partial charge in [0.05, 0.1) is 20.8 Å². The Labute approximate surface area is 134 Å². The molecule has 0 N–H and O–H groups in total. The number of hydrogen-bond acceptors (Lipinski definition) is 4. The van der Waals surface area contributed by atoms with Crippen LogP contribution in [0.15, 0.2) is 42.5 Å². The smallest absolute Gasteiger partial charge is 0.254 e. The molecule has 2 aromatic carbocycles. The van der Waals surface area contributed by atoms with Gasteiger partial charge < -0.3 is 14.4 Å². The maximum Gasteiger partial charge on any atom is 0.254 e. The molecule has 5 heteroatoms. The standard InChI is InChI=1S/C18H17NO4/c1-22-16-8-13-10-19(18(21)12-6-4-3-5-7-12)11-15(20)14(13)9-17(16)23-2/h3-9H,10-11H2,1-2H3. The van der Waals surface area contributed by atoms with E-state index in [1.165, 1.54) is 7.11 Å². The highest BCUT2D eigenvalue weighted by atomic mass is 16.5.